The molecule has 0 spiro atoms. The fourth-order valence-corrected chi connectivity index (χ4v) is 2.76. The molecule has 1 amide bonds. The van der Waals surface area contributed by atoms with Gasteiger partial charge in [-0.1, -0.05) is 23.7 Å². The maximum atomic E-state index is 13.5. The first-order valence-electron chi connectivity index (χ1n) is 6.14. The molecule has 0 saturated carbocycles. The largest absolute Gasteiger partial charge is 0.323 e. The van der Waals surface area contributed by atoms with Gasteiger partial charge in [0.2, 0.25) is 5.91 Å². The van der Waals surface area contributed by atoms with Crippen LogP contribution in [-0.4, -0.2) is 11.2 Å². The van der Waals surface area contributed by atoms with Gasteiger partial charge >= 0.3 is 0 Å². The van der Waals surface area contributed by atoms with E-state index in [0.29, 0.717) is 5.02 Å². The summed E-state index contributed by atoms with van der Waals surface area (Å²) in [5.74, 6) is -1.88. The molecule has 110 valence electrons. The van der Waals surface area contributed by atoms with Crippen LogP contribution in [0, 0.1) is 11.6 Å². The lowest BCUT2D eigenvalue weighted by atomic mass is 10.3. The highest BCUT2D eigenvalue weighted by molar-refractivity contribution is 8.00. The predicted octanol–water partition coefficient (Wildman–Crippen LogP) is 4.74. The molecule has 0 bridgehead atoms. The topological polar surface area (TPSA) is 29.1 Å². The van der Waals surface area contributed by atoms with Crippen molar-refractivity contribution in [2.75, 3.05) is 5.32 Å². The molecular weight excluding hydrogens is 316 g/mol. The van der Waals surface area contributed by atoms with E-state index in [1.807, 2.05) is 6.07 Å². The molecule has 6 heteroatoms. The van der Waals surface area contributed by atoms with E-state index in [0.717, 1.165) is 17.0 Å². The second-order valence-corrected chi connectivity index (χ2v) is 6.09. The summed E-state index contributed by atoms with van der Waals surface area (Å²) in [7, 11) is 0. The summed E-state index contributed by atoms with van der Waals surface area (Å²) in [6.07, 6.45) is 0. The van der Waals surface area contributed by atoms with Gasteiger partial charge in [-0.25, -0.2) is 8.78 Å². The third-order valence-corrected chi connectivity index (χ3v) is 4.32. The van der Waals surface area contributed by atoms with Crippen LogP contribution in [0.5, 0.6) is 0 Å². The fourth-order valence-electron chi connectivity index (χ4n) is 1.61. The van der Waals surface area contributed by atoms with E-state index in [-0.39, 0.29) is 11.6 Å². The number of carbonyl (C=O) groups excluding carboxylic acids is 1. The van der Waals surface area contributed by atoms with Crippen molar-refractivity contribution in [3.8, 4) is 0 Å². The van der Waals surface area contributed by atoms with E-state index in [1.54, 1.807) is 25.1 Å². The normalized spacial score (nSPS) is 12.0. The lowest BCUT2D eigenvalue weighted by Crippen LogP contribution is -2.23. The SMILES string of the molecule is C[C@H](Sc1ccccc1Cl)C(=O)Nc1ccc(F)cc1F. The Hall–Kier alpha value is -1.59. The zero-order chi connectivity index (χ0) is 15.4. The van der Waals surface area contributed by atoms with Gasteiger partial charge in [0.25, 0.3) is 0 Å². The van der Waals surface area contributed by atoms with Gasteiger partial charge in [-0.3, -0.25) is 4.79 Å². The average molecular weight is 328 g/mol. The minimum Gasteiger partial charge on any atom is -0.323 e. The van der Waals surface area contributed by atoms with Crippen LogP contribution in [0.4, 0.5) is 14.5 Å². The van der Waals surface area contributed by atoms with Crippen molar-refractivity contribution in [2.24, 2.45) is 0 Å². The molecule has 2 aromatic carbocycles. The molecule has 2 nitrogen and oxygen atoms in total. The highest BCUT2D eigenvalue weighted by atomic mass is 35.5. The number of amides is 1. The molecule has 0 aliphatic carbocycles. The van der Waals surface area contributed by atoms with E-state index in [9.17, 15) is 13.6 Å². The molecule has 0 aliphatic rings. The van der Waals surface area contributed by atoms with Crippen molar-refractivity contribution in [3.63, 3.8) is 0 Å². The number of benzene rings is 2. The summed E-state index contributed by atoms with van der Waals surface area (Å²) in [4.78, 5) is 12.8. The number of hydrogen-bond donors (Lipinski definition) is 1. The van der Waals surface area contributed by atoms with Gasteiger partial charge < -0.3 is 5.32 Å². The van der Waals surface area contributed by atoms with Crippen molar-refractivity contribution < 1.29 is 13.6 Å². The Bertz CT molecular complexity index is 666. The van der Waals surface area contributed by atoms with Gasteiger partial charge in [0.1, 0.15) is 11.6 Å². The van der Waals surface area contributed by atoms with Crippen LogP contribution in [0.2, 0.25) is 5.02 Å². The van der Waals surface area contributed by atoms with Gasteiger partial charge in [0, 0.05) is 11.0 Å². The minimum atomic E-state index is -0.807. The van der Waals surface area contributed by atoms with Gasteiger partial charge in [-0.15, -0.1) is 11.8 Å². The zero-order valence-electron chi connectivity index (χ0n) is 11.1. The third kappa shape index (κ3) is 4.19. The lowest BCUT2D eigenvalue weighted by Gasteiger charge is -2.13. The molecule has 0 aliphatic heterocycles. The Morgan fingerprint density at radius 1 is 1.24 bits per heavy atom. The maximum absolute atomic E-state index is 13.5. The second kappa shape index (κ2) is 6.91. The van der Waals surface area contributed by atoms with Crippen LogP contribution >= 0.6 is 23.4 Å². The molecule has 2 rings (SSSR count). The number of nitrogens with one attached hydrogen (secondary N) is 1. The highest BCUT2D eigenvalue weighted by Crippen LogP contribution is 2.30. The first kappa shape index (κ1) is 15.8. The van der Waals surface area contributed by atoms with Crippen molar-refractivity contribution in [2.45, 2.75) is 17.1 Å². The number of rotatable bonds is 4. The smallest absolute Gasteiger partial charge is 0.237 e. The molecule has 0 saturated heterocycles. The second-order valence-electron chi connectivity index (χ2n) is 4.30. The monoisotopic (exact) mass is 327 g/mol. The summed E-state index contributed by atoms with van der Waals surface area (Å²) in [6, 6.07) is 10.1. The fraction of sp³-hybridized carbons (Fsp3) is 0.133. The van der Waals surface area contributed by atoms with Crippen molar-refractivity contribution >= 4 is 35.0 Å². The molecule has 0 unspecified atom stereocenters. The van der Waals surface area contributed by atoms with Crippen LogP contribution in [0.3, 0.4) is 0 Å². The summed E-state index contributed by atoms with van der Waals surface area (Å²) >= 11 is 7.29. The van der Waals surface area contributed by atoms with Gasteiger partial charge in [0.05, 0.1) is 16.0 Å². The summed E-state index contributed by atoms with van der Waals surface area (Å²) < 4.78 is 26.3. The number of halogens is 3. The van der Waals surface area contributed by atoms with E-state index < -0.39 is 16.9 Å². The number of carbonyl (C=O) groups is 1. The molecule has 0 radical (unpaired) electrons. The minimum absolute atomic E-state index is 0.0481. The van der Waals surface area contributed by atoms with Crippen LogP contribution in [0.15, 0.2) is 47.4 Å². The maximum Gasteiger partial charge on any atom is 0.237 e. The Morgan fingerprint density at radius 3 is 2.62 bits per heavy atom. The van der Waals surface area contributed by atoms with Gasteiger partial charge in [-0.05, 0) is 31.2 Å². The van der Waals surface area contributed by atoms with Crippen molar-refractivity contribution in [1.29, 1.82) is 0 Å². The van der Waals surface area contributed by atoms with Crippen LogP contribution in [0.25, 0.3) is 0 Å². The standard InChI is InChI=1S/C15H12ClF2NOS/c1-9(21-14-5-3-2-4-11(14)16)15(20)19-13-7-6-10(17)8-12(13)18/h2-9H,1H3,(H,19,20)/t9-/m0/s1. The van der Waals surface area contributed by atoms with Crippen molar-refractivity contribution in [1.82, 2.24) is 0 Å². The molecule has 2 aromatic rings. The number of anilines is 1. The van der Waals surface area contributed by atoms with E-state index in [4.69, 9.17) is 11.6 Å². The Kier molecular flexibility index (Phi) is 5.20. The first-order valence-corrected chi connectivity index (χ1v) is 7.40. The van der Waals surface area contributed by atoms with Gasteiger partial charge in [0.15, 0.2) is 0 Å². The predicted molar refractivity (Wildman–Crippen MR) is 81.8 cm³/mol. The zero-order valence-corrected chi connectivity index (χ0v) is 12.6. The van der Waals surface area contributed by atoms with Crippen LogP contribution in [0.1, 0.15) is 6.92 Å². The lowest BCUT2D eigenvalue weighted by molar-refractivity contribution is -0.115. The Balaban J connectivity index is 2.04. The molecule has 21 heavy (non-hydrogen) atoms. The molecule has 0 heterocycles. The molecular formula is C15H12ClF2NOS. The summed E-state index contributed by atoms with van der Waals surface area (Å²) in [6.45, 7) is 1.69. The molecule has 0 fully saturated rings. The summed E-state index contributed by atoms with van der Waals surface area (Å²) in [5.41, 5.74) is -0.0481. The first-order chi connectivity index (χ1) is 9.97. The Labute approximate surface area is 130 Å². The Morgan fingerprint density at radius 2 is 1.95 bits per heavy atom. The molecule has 0 aromatic heterocycles. The molecule has 1 atom stereocenters. The summed E-state index contributed by atoms with van der Waals surface area (Å²) in [5, 5.41) is 2.51. The molecule has 1 N–H and O–H groups in total. The van der Waals surface area contributed by atoms with E-state index in [1.165, 1.54) is 17.8 Å². The van der Waals surface area contributed by atoms with Crippen LogP contribution in [-0.2, 0) is 4.79 Å². The average Bonchev–Trinajstić information content (AvgIpc) is 2.44. The van der Waals surface area contributed by atoms with E-state index in [2.05, 4.69) is 5.32 Å². The van der Waals surface area contributed by atoms with Gasteiger partial charge in [-0.2, -0.15) is 0 Å². The quantitative estimate of drug-likeness (QED) is 0.822. The third-order valence-electron chi connectivity index (χ3n) is 2.70. The van der Waals surface area contributed by atoms with Crippen LogP contribution < -0.4 is 5.32 Å². The number of hydrogen-bond acceptors (Lipinski definition) is 2. The van der Waals surface area contributed by atoms with E-state index >= 15 is 0 Å². The number of thioether (sulfide) groups is 1. The highest BCUT2D eigenvalue weighted by Gasteiger charge is 2.17. The van der Waals surface area contributed by atoms with Crippen molar-refractivity contribution in [3.05, 3.63) is 59.1 Å².